The number of hydrogen-bond donors (Lipinski definition) is 0. The first kappa shape index (κ1) is 14.3. The summed E-state index contributed by atoms with van der Waals surface area (Å²) in [5, 5.41) is 3.93. The number of esters is 1. The number of benzene rings is 1. The molecule has 21 heavy (non-hydrogen) atoms. The minimum atomic E-state index is -0.522. The van der Waals surface area contributed by atoms with Gasteiger partial charge in [-0.25, -0.2) is 9.18 Å². The van der Waals surface area contributed by atoms with Crippen LogP contribution in [0.1, 0.15) is 41.8 Å². The van der Waals surface area contributed by atoms with Crippen molar-refractivity contribution in [3.8, 4) is 11.3 Å². The van der Waals surface area contributed by atoms with Crippen molar-refractivity contribution in [2.24, 2.45) is 0 Å². The predicted octanol–water partition coefficient (Wildman–Crippen LogP) is 4.30. The average molecular weight is 354 g/mol. The molecule has 0 radical (unpaired) electrons. The predicted molar refractivity (Wildman–Crippen MR) is 77.5 cm³/mol. The Balaban J connectivity index is 2.16. The summed E-state index contributed by atoms with van der Waals surface area (Å²) < 4.78 is 25.0. The second-order valence-electron chi connectivity index (χ2n) is 4.86. The van der Waals surface area contributed by atoms with Gasteiger partial charge in [0.25, 0.3) is 0 Å². The van der Waals surface area contributed by atoms with Crippen molar-refractivity contribution in [1.82, 2.24) is 5.16 Å². The van der Waals surface area contributed by atoms with Crippen LogP contribution in [-0.4, -0.2) is 17.7 Å². The largest absolute Gasteiger partial charge is 0.462 e. The zero-order chi connectivity index (χ0) is 15.0. The molecule has 1 heterocycles. The van der Waals surface area contributed by atoms with Gasteiger partial charge in [0.05, 0.1) is 12.2 Å². The topological polar surface area (TPSA) is 52.3 Å². The molecule has 1 aromatic carbocycles. The van der Waals surface area contributed by atoms with Crippen molar-refractivity contribution in [3.05, 3.63) is 39.8 Å². The smallest absolute Gasteiger partial charge is 0.344 e. The third kappa shape index (κ3) is 2.60. The fraction of sp³-hybridized carbons (Fsp3) is 0.333. The molecule has 0 spiro atoms. The Morgan fingerprint density at radius 2 is 2.29 bits per heavy atom. The van der Waals surface area contributed by atoms with E-state index in [0.717, 1.165) is 12.8 Å². The highest BCUT2D eigenvalue weighted by atomic mass is 79.9. The standard InChI is InChI=1S/C15H13BrFNO3/c1-2-20-15(19)12-13(18-21-14(12)8-6-7-8)11-9(16)4-3-5-10(11)17/h3-5,8H,2,6-7H2,1H3. The zero-order valence-electron chi connectivity index (χ0n) is 11.4. The second-order valence-corrected chi connectivity index (χ2v) is 5.72. The summed E-state index contributed by atoms with van der Waals surface area (Å²) in [7, 11) is 0. The van der Waals surface area contributed by atoms with Gasteiger partial charge in [0, 0.05) is 10.4 Å². The molecule has 3 rings (SSSR count). The number of ether oxygens (including phenoxy) is 1. The van der Waals surface area contributed by atoms with Gasteiger partial charge < -0.3 is 9.26 Å². The van der Waals surface area contributed by atoms with Crippen LogP contribution < -0.4 is 0 Å². The summed E-state index contributed by atoms with van der Waals surface area (Å²) in [5.74, 6) is -0.314. The summed E-state index contributed by atoms with van der Waals surface area (Å²) >= 11 is 3.29. The lowest BCUT2D eigenvalue weighted by Crippen LogP contribution is -2.08. The number of rotatable bonds is 4. The first-order valence-corrected chi connectivity index (χ1v) is 7.53. The SMILES string of the molecule is CCOC(=O)c1c(-c2c(F)cccc2Br)noc1C1CC1. The zero-order valence-corrected chi connectivity index (χ0v) is 12.9. The van der Waals surface area contributed by atoms with Crippen molar-refractivity contribution < 1.29 is 18.4 Å². The van der Waals surface area contributed by atoms with Crippen molar-refractivity contribution in [3.63, 3.8) is 0 Å². The lowest BCUT2D eigenvalue weighted by molar-refractivity contribution is 0.0524. The number of aromatic nitrogens is 1. The van der Waals surface area contributed by atoms with Crippen LogP contribution in [-0.2, 0) is 4.74 Å². The van der Waals surface area contributed by atoms with Crippen LogP contribution in [0.15, 0.2) is 27.2 Å². The van der Waals surface area contributed by atoms with E-state index in [0.29, 0.717) is 10.2 Å². The number of hydrogen-bond acceptors (Lipinski definition) is 4. The number of carbonyl (C=O) groups excluding carboxylic acids is 1. The van der Waals surface area contributed by atoms with Crippen molar-refractivity contribution in [2.75, 3.05) is 6.61 Å². The van der Waals surface area contributed by atoms with Crippen LogP contribution in [0, 0.1) is 5.82 Å². The van der Waals surface area contributed by atoms with Gasteiger partial charge in [0.15, 0.2) is 5.76 Å². The van der Waals surface area contributed by atoms with E-state index in [1.165, 1.54) is 6.07 Å². The van der Waals surface area contributed by atoms with Crippen LogP contribution in [0.5, 0.6) is 0 Å². The van der Waals surface area contributed by atoms with Crippen molar-refractivity contribution in [2.45, 2.75) is 25.7 Å². The van der Waals surface area contributed by atoms with E-state index >= 15 is 0 Å². The molecule has 2 aromatic rings. The number of halogens is 2. The highest BCUT2D eigenvalue weighted by molar-refractivity contribution is 9.10. The van der Waals surface area contributed by atoms with E-state index in [1.54, 1.807) is 19.1 Å². The third-order valence-electron chi connectivity index (χ3n) is 3.35. The molecule has 1 aromatic heterocycles. The molecule has 1 aliphatic carbocycles. The molecule has 0 bridgehead atoms. The molecule has 0 aliphatic heterocycles. The first-order valence-electron chi connectivity index (χ1n) is 6.74. The Labute approximate surface area is 129 Å². The van der Waals surface area contributed by atoms with Gasteiger partial charge in [-0.15, -0.1) is 0 Å². The molecule has 0 saturated heterocycles. The van der Waals surface area contributed by atoms with Gasteiger partial charge in [0.1, 0.15) is 17.1 Å². The molecule has 6 heteroatoms. The summed E-state index contributed by atoms with van der Waals surface area (Å²) in [5.41, 5.74) is 0.654. The maximum Gasteiger partial charge on any atom is 0.344 e. The maximum atomic E-state index is 14.1. The second kappa shape index (κ2) is 5.60. The van der Waals surface area contributed by atoms with E-state index in [4.69, 9.17) is 9.26 Å². The minimum absolute atomic E-state index is 0.177. The minimum Gasteiger partial charge on any atom is -0.462 e. The Bertz CT molecular complexity index is 674. The maximum absolute atomic E-state index is 14.1. The van der Waals surface area contributed by atoms with E-state index in [2.05, 4.69) is 21.1 Å². The van der Waals surface area contributed by atoms with E-state index in [9.17, 15) is 9.18 Å². The molecular weight excluding hydrogens is 341 g/mol. The fourth-order valence-corrected chi connectivity index (χ4v) is 2.75. The van der Waals surface area contributed by atoms with Gasteiger partial charge in [-0.3, -0.25) is 0 Å². The molecule has 0 amide bonds. The van der Waals surface area contributed by atoms with Gasteiger partial charge >= 0.3 is 5.97 Å². The summed E-state index contributed by atoms with van der Waals surface area (Å²) in [4.78, 5) is 12.2. The van der Waals surface area contributed by atoms with Crippen LogP contribution in [0.4, 0.5) is 4.39 Å². The highest BCUT2D eigenvalue weighted by Gasteiger charge is 2.36. The van der Waals surface area contributed by atoms with Crippen LogP contribution in [0.2, 0.25) is 0 Å². The Morgan fingerprint density at radius 3 is 2.90 bits per heavy atom. The van der Waals surface area contributed by atoms with E-state index in [1.807, 2.05) is 0 Å². The van der Waals surface area contributed by atoms with Gasteiger partial charge in [0.2, 0.25) is 0 Å². The van der Waals surface area contributed by atoms with Crippen LogP contribution >= 0.6 is 15.9 Å². The molecule has 1 fully saturated rings. The average Bonchev–Trinajstić information content (AvgIpc) is 3.19. The lowest BCUT2D eigenvalue weighted by atomic mass is 10.0. The molecular formula is C15H13BrFNO3. The normalized spacial score (nSPS) is 14.2. The molecule has 0 unspecified atom stereocenters. The lowest BCUT2D eigenvalue weighted by Gasteiger charge is -2.06. The number of carbonyl (C=O) groups is 1. The summed E-state index contributed by atoms with van der Waals surface area (Å²) in [6, 6.07) is 4.59. The monoisotopic (exact) mass is 353 g/mol. The summed E-state index contributed by atoms with van der Waals surface area (Å²) in [6.07, 6.45) is 1.89. The van der Waals surface area contributed by atoms with Gasteiger partial charge in [-0.1, -0.05) is 11.2 Å². The van der Waals surface area contributed by atoms with Crippen LogP contribution in [0.25, 0.3) is 11.3 Å². The fourth-order valence-electron chi connectivity index (χ4n) is 2.22. The van der Waals surface area contributed by atoms with Gasteiger partial charge in [-0.05, 0) is 47.8 Å². The Morgan fingerprint density at radius 1 is 1.52 bits per heavy atom. The molecule has 1 saturated carbocycles. The molecule has 1 aliphatic rings. The molecule has 110 valence electrons. The van der Waals surface area contributed by atoms with Gasteiger partial charge in [-0.2, -0.15) is 0 Å². The molecule has 0 N–H and O–H groups in total. The highest BCUT2D eigenvalue weighted by Crippen LogP contribution is 2.45. The summed E-state index contributed by atoms with van der Waals surface area (Å²) in [6.45, 7) is 1.97. The number of nitrogens with zero attached hydrogens (tertiary/aromatic N) is 1. The quantitative estimate of drug-likeness (QED) is 0.769. The van der Waals surface area contributed by atoms with Crippen molar-refractivity contribution >= 4 is 21.9 Å². The Hall–Kier alpha value is -1.69. The molecule has 4 nitrogen and oxygen atoms in total. The van der Waals surface area contributed by atoms with E-state index < -0.39 is 11.8 Å². The van der Waals surface area contributed by atoms with Crippen LogP contribution in [0.3, 0.4) is 0 Å². The Kier molecular flexibility index (Phi) is 3.80. The van der Waals surface area contributed by atoms with E-state index in [-0.39, 0.29) is 29.3 Å². The molecule has 0 atom stereocenters. The third-order valence-corrected chi connectivity index (χ3v) is 4.01. The first-order chi connectivity index (χ1) is 10.1. The van der Waals surface area contributed by atoms with Crippen molar-refractivity contribution in [1.29, 1.82) is 0 Å².